The molecule has 0 radical (unpaired) electrons. The highest BCUT2D eigenvalue weighted by molar-refractivity contribution is 6.01. The number of rotatable bonds is 6. The summed E-state index contributed by atoms with van der Waals surface area (Å²) < 4.78 is 6.94. The summed E-state index contributed by atoms with van der Waals surface area (Å²) in [5, 5.41) is 11.1. The molecule has 168 valence electrons. The number of ether oxygens (including phenoxy) is 1. The molecule has 0 bridgehead atoms. The lowest BCUT2D eigenvalue weighted by atomic mass is 9.88. The molecule has 1 aliphatic heterocycles. The summed E-state index contributed by atoms with van der Waals surface area (Å²) in [6.07, 6.45) is 8.82. The average Bonchev–Trinajstić information content (AvgIpc) is 3.19. The van der Waals surface area contributed by atoms with Crippen LogP contribution in [0.15, 0.2) is 12.1 Å². The summed E-state index contributed by atoms with van der Waals surface area (Å²) >= 11 is 0. The van der Waals surface area contributed by atoms with Crippen molar-refractivity contribution in [2.45, 2.75) is 64.8 Å². The van der Waals surface area contributed by atoms with Gasteiger partial charge in [0.1, 0.15) is 16.8 Å². The van der Waals surface area contributed by atoms with Gasteiger partial charge in [0.2, 0.25) is 5.91 Å². The monoisotopic (exact) mass is 427 g/mol. The summed E-state index contributed by atoms with van der Waals surface area (Å²) in [7, 11) is 0. The standard InChI is InChI=1S/C23H33N5O3/c1-3-31-22-14-21-20(25-26-28(21)16(2)29)13-19(22)23(30)24-18-9-11-27(12-10-18)15-17-7-5-4-6-8-17/h13-14,17-18H,3-12,15H2,1-2H3,(H,24,30). The van der Waals surface area contributed by atoms with Crippen LogP contribution in [0.1, 0.15) is 73.9 Å². The van der Waals surface area contributed by atoms with Crippen molar-refractivity contribution in [3.05, 3.63) is 17.7 Å². The van der Waals surface area contributed by atoms with Gasteiger partial charge in [-0.2, -0.15) is 4.68 Å². The molecule has 8 heteroatoms. The van der Waals surface area contributed by atoms with E-state index in [-0.39, 0.29) is 17.9 Å². The Labute approximate surface area is 183 Å². The van der Waals surface area contributed by atoms with Crippen LogP contribution < -0.4 is 10.1 Å². The van der Waals surface area contributed by atoms with Crippen LogP contribution in [0.3, 0.4) is 0 Å². The highest BCUT2D eigenvalue weighted by Gasteiger charge is 2.25. The van der Waals surface area contributed by atoms with Crippen molar-refractivity contribution < 1.29 is 14.3 Å². The van der Waals surface area contributed by atoms with Crippen LogP contribution in [0.4, 0.5) is 0 Å². The van der Waals surface area contributed by atoms with E-state index in [2.05, 4.69) is 20.5 Å². The molecule has 2 fully saturated rings. The molecule has 1 aromatic heterocycles. The van der Waals surface area contributed by atoms with Crippen molar-refractivity contribution in [1.29, 1.82) is 0 Å². The highest BCUT2D eigenvalue weighted by atomic mass is 16.5. The van der Waals surface area contributed by atoms with E-state index < -0.39 is 0 Å². The van der Waals surface area contributed by atoms with Gasteiger partial charge in [0.05, 0.1) is 12.2 Å². The van der Waals surface area contributed by atoms with Crippen LogP contribution in [-0.4, -0.2) is 64.0 Å². The van der Waals surface area contributed by atoms with Crippen LogP contribution in [0.25, 0.3) is 11.0 Å². The predicted molar refractivity (Wildman–Crippen MR) is 119 cm³/mol. The van der Waals surface area contributed by atoms with Gasteiger partial charge in [-0.3, -0.25) is 9.59 Å². The molecular weight excluding hydrogens is 394 g/mol. The van der Waals surface area contributed by atoms with E-state index in [1.54, 1.807) is 12.1 Å². The normalized spacial score (nSPS) is 18.9. The highest BCUT2D eigenvalue weighted by Crippen LogP contribution is 2.27. The quantitative estimate of drug-likeness (QED) is 0.761. The lowest BCUT2D eigenvalue weighted by molar-refractivity contribution is 0.0896. The van der Waals surface area contributed by atoms with E-state index in [1.807, 2.05) is 6.92 Å². The second-order valence-electron chi connectivity index (χ2n) is 8.84. The Morgan fingerprint density at radius 2 is 1.87 bits per heavy atom. The molecule has 4 rings (SSSR count). The van der Waals surface area contributed by atoms with Crippen molar-refractivity contribution in [3.8, 4) is 5.75 Å². The summed E-state index contributed by atoms with van der Waals surface area (Å²) in [5.74, 6) is 0.909. The molecule has 0 atom stereocenters. The third-order valence-electron chi connectivity index (χ3n) is 6.55. The average molecular weight is 428 g/mol. The van der Waals surface area contributed by atoms with E-state index >= 15 is 0 Å². The minimum atomic E-state index is -0.234. The number of carbonyl (C=O) groups excluding carboxylic acids is 2. The number of aromatic nitrogens is 3. The zero-order valence-corrected chi connectivity index (χ0v) is 18.6. The molecule has 0 spiro atoms. The van der Waals surface area contributed by atoms with Gasteiger partial charge in [-0.05, 0) is 44.6 Å². The summed E-state index contributed by atoms with van der Waals surface area (Å²) in [6.45, 7) is 6.99. The number of amides is 1. The van der Waals surface area contributed by atoms with Gasteiger partial charge in [-0.25, -0.2) is 0 Å². The number of benzene rings is 1. The second kappa shape index (κ2) is 9.77. The van der Waals surface area contributed by atoms with E-state index in [1.165, 1.54) is 50.3 Å². The Morgan fingerprint density at radius 1 is 1.13 bits per heavy atom. The second-order valence-corrected chi connectivity index (χ2v) is 8.84. The zero-order chi connectivity index (χ0) is 21.8. The van der Waals surface area contributed by atoms with Crippen LogP contribution in [0, 0.1) is 5.92 Å². The predicted octanol–water partition coefficient (Wildman–Crippen LogP) is 3.26. The zero-order valence-electron chi connectivity index (χ0n) is 18.6. The smallest absolute Gasteiger partial charge is 0.255 e. The van der Waals surface area contributed by atoms with Gasteiger partial charge in [-0.15, -0.1) is 5.10 Å². The minimum absolute atomic E-state index is 0.159. The number of nitrogens with one attached hydrogen (secondary N) is 1. The summed E-state index contributed by atoms with van der Waals surface area (Å²) in [5.41, 5.74) is 1.49. The molecule has 1 N–H and O–H groups in total. The fourth-order valence-electron chi connectivity index (χ4n) is 4.89. The Hall–Kier alpha value is -2.48. The van der Waals surface area contributed by atoms with Crippen LogP contribution in [0.5, 0.6) is 5.75 Å². The molecule has 8 nitrogen and oxygen atoms in total. The van der Waals surface area contributed by atoms with Crippen molar-refractivity contribution >= 4 is 22.8 Å². The molecular formula is C23H33N5O3. The fraction of sp³-hybridized carbons (Fsp3) is 0.652. The van der Waals surface area contributed by atoms with Gasteiger partial charge in [0, 0.05) is 38.7 Å². The van der Waals surface area contributed by atoms with Gasteiger partial charge >= 0.3 is 0 Å². The molecule has 1 aromatic carbocycles. The Bertz CT molecular complexity index is 927. The first-order valence-corrected chi connectivity index (χ1v) is 11.6. The van der Waals surface area contributed by atoms with Crippen molar-refractivity contribution in [1.82, 2.24) is 25.2 Å². The lowest BCUT2D eigenvalue weighted by Crippen LogP contribution is -2.46. The number of fused-ring (bicyclic) bond motifs is 1. The SMILES string of the molecule is CCOc1cc2c(cc1C(=O)NC1CCN(CC3CCCCC3)CC1)nnn2C(C)=O. The Kier molecular flexibility index (Phi) is 6.85. The Balaban J connectivity index is 1.40. The maximum atomic E-state index is 13.1. The van der Waals surface area contributed by atoms with Crippen molar-refractivity contribution in [2.75, 3.05) is 26.2 Å². The van der Waals surface area contributed by atoms with Crippen LogP contribution >= 0.6 is 0 Å². The van der Waals surface area contributed by atoms with E-state index in [0.717, 1.165) is 31.8 Å². The number of piperidine rings is 1. The number of carbonyl (C=O) groups is 2. The first-order chi connectivity index (χ1) is 15.0. The number of hydrogen-bond donors (Lipinski definition) is 1. The molecule has 2 aromatic rings. The topological polar surface area (TPSA) is 89.3 Å². The molecule has 2 aliphatic rings. The van der Waals surface area contributed by atoms with E-state index in [0.29, 0.717) is 29.0 Å². The molecule has 1 saturated heterocycles. The van der Waals surface area contributed by atoms with Crippen molar-refractivity contribution in [3.63, 3.8) is 0 Å². The first-order valence-electron chi connectivity index (χ1n) is 11.6. The van der Waals surface area contributed by atoms with Gasteiger partial charge < -0.3 is 15.0 Å². The third-order valence-corrected chi connectivity index (χ3v) is 6.55. The maximum absolute atomic E-state index is 13.1. The summed E-state index contributed by atoms with van der Waals surface area (Å²) in [4.78, 5) is 27.4. The summed E-state index contributed by atoms with van der Waals surface area (Å²) in [6, 6.07) is 3.51. The number of nitrogens with zero attached hydrogens (tertiary/aromatic N) is 4. The van der Waals surface area contributed by atoms with Crippen molar-refractivity contribution in [2.24, 2.45) is 5.92 Å². The molecule has 1 amide bonds. The van der Waals surface area contributed by atoms with E-state index in [9.17, 15) is 9.59 Å². The molecule has 1 saturated carbocycles. The Morgan fingerprint density at radius 3 is 2.55 bits per heavy atom. The maximum Gasteiger partial charge on any atom is 0.255 e. The van der Waals surface area contributed by atoms with Crippen LogP contribution in [0.2, 0.25) is 0 Å². The molecule has 0 unspecified atom stereocenters. The number of likely N-dealkylation sites (tertiary alicyclic amines) is 1. The lowest BCUT2D eigenvalue weighted by Gasteiger charge is -2.35. The molecule has 1 aliphatic carbocycles. The van der Waals surface area contributed by atoms with Crippen LogP contribution in [-0.2, 0) is 0 Å². The largest absolute Gasteiger partial charge is 0.493 e. The van der Waals surface area contributed by atoms with Gasteiger partial charge in [-0.1, -0.05) is 24.5 Å². The fourth-order valence-corrected chi connectivity index (χ4v) is 4.89. The number of hydrogen-bond acceptors (Lipinski definition) is 6. The minimum Gasteiger partial charge on any atom is -0.493 e. The van der Waals surface area contributed by atoms with Gasteiger partial charge in [0.25, 0.3) is 5.91 Å². The van der Waals surface area contributed by atoms with E-state index in [4.69, 9.17) is 4.74 Å². The molecule has 2 heterocycles. The first kappa shape index (κ1) is 21.7. The molecule has 31 heavy (non-hydrogen) atoms. The van der Waals surface area contributed by atoms with Gasteiger partial charge in [0.15, 0.2) is 0 Å². The third kappa shape index (κ3) is 5.06.